The zero-order valence-electron chi connectivity index (χ0n) is 11.1. The molecule has 0 atom stereocenters. The molecule has 0 fully saturated rings. The van der Waals surface area contributed by atoms with Gasteiger partial charge in [-0.3, -0.25) is 4.99 Å². The molecule has 5 heteroatoms. The van der Waals surface area contributed by atoms with Gasteiger partial charge in [0.25, 0.3) is 0 Å². The maximum absolute atomic E-state index is 4.33. The quantitative estimate of drug-likeness (QED) is 0.622. The van der Waals surface area contributed by atoms with E-state index in [-0.39, 0.29) is 0 Å². The molecular formula is C12H22N4S. The maximum Gasteiger partial charge on any atom is 0.190 e. The van der Waals surface area contributed by atoms with Gasteiger partial charge in [0, 0.05) is 37.6 Å². The lowest BCUT2D eigenvalue weighted by Gasteiger charge is -2.12. The Bertz CT molecular complexity index is 357. The van der Waals surface area contributed by atoms with Crippen molar-refractivity contribution in [2.24, 2.45) is 10.9 Å². The predicted molar refractivity (Wildman–Crippen MR) is 74.8 cm³/mol. The smallest absolute Gasteiger partial charge is 0.190 e. The lowest BCUT2D eigenvalue weighted by atomic mass is 10.2. The normalized spacial score (nSPS) is 11.9. The van der Waals surface area contributed by atoms with Crippen LogP contribution in [-0.4, -0.2) is 31.1 Å². The van der Waals surface area contributed by atoms with Gasteiger partial charge in [0.2, 0.25) is 0 Å². The third-order valence-corrected chi connectivity index (χ3v) is 3.17. The molecule has 2 N–H and O–H groups in total. The van der Waals surface area contributed by atoms with E-state index in [2.05, 4.69) is 41.4 Å². The van der Waals surface area contributed by atoms with Gasteiger partial charge in [-0.05, 0) is 12.8 Å². The average Bonchev–Trinajstić information content (AvgIpc) is 2.69. The van der Waals surface area contributed by atoms with E-state index in [1.54, 1.807) is 18.4 Å². The molecule has 0 bridgehead atoms. The topological polar surface area (TPSA) is 49.3 Å². The standard InChI is InChI=1S/C12H22N4S/c1-9(2)7-16-12(13-4)14-6-5-11-15-8-10(3)17-11/h8-9H,5-7H2,1-4H3,(H2,13,14,16). The molecule has 0 aromatic carbocycles. The number of nitrogens with one attached hydrogen (secondary N) is 2. The molecule has 17 heavy (non-hydrogen) atoms. The first kappa shape index (κ1) is 14.0. The van der Waals surface area contributed by atoms with Crippen LogP contribution in [0.15, 0.2) is 11.2 Å². The fourth-order valence-corrected chi connectivity index (χ4v) is 2.11. The Morgan fingerprint density at radius 3 is 2.76 bits per heavy atom. The number of aryl methyl sites for hydroxylation is 1. The van der Waals surface area contributed by atoms with Crippen molar-refractivity contribution < 1.29 is 0 Å². The summed E-state index contributed by atoms with van der Waals surface area (Å²) >= 11 is 1.75. The van der Waals surface area contributed by atoms with Crippen LogP contribution >= 0.6 is 11.3 Å². The number of guanidine groups is 1. The Kier molecular flexibility index (Phi) is 5.97. The van der Waals surface area contributed by atoms with E-state index in [1.165, 1.54) is 9.88 Å². The molecule has 96 valence electrons. The summed E-state index contributed by atoms with van der Waals surface area (Å²) in [5.74, 6) is 1.49. The van der Waals surface area contributed by atoms with E-state index in [0.717, 1.165) is 25.5 Å². The molecule has 4 nitrogen and oxygen atoms in total. The van der Waals surface area contributed by atoms with Crippen LogP contribution in [0, 0.1) is 12.8 Å². The second kappa shape index (κ2) is 7.27. The molecular weight excluding hydrogens is 232 g/mol. The zero-order valence-corrected chi connectivity index (χ0v) is 11.9. The summed E-state index contributed by atoms with van der Waals surface area (Å²) in [7, 11) is 1.79. The van der Waals surface area contributed by atoms with Crippen LogP contribution in [0.1, 0.15) is 23.7 Å². The van der Waals surface area contributed by atoms with Crippen LogP contribution in [0.4, 0.5) is 0 Å². The van der Waals surface area contributed by atoms with Gasteiger partial charge >= 0.3 is 0 Å². The lowest BCUT2D eigenvalue weighted by molar-refractivity contribution is 0.614. The van der Waals surface area contributed by atoms with Gasteiger partial charge in [-0.15, -0.1) is 11.3 Å². The Labute approximate surface area is 108 Å². The van der Waals surface area contributed by atoms with Crippen molar-refractivity contribution in [3.8, 4) is 0 Å². The van der Waals surface area contributed by atoms with Gasteiger partial charge in [-0.25, -0.2) is 4.98 Å². The van der Waals surface area contributed by atoms with Gasteiger partial charge in [0.1, 0.15) is 0 Å². The number of aliphatic imine (C=N–C) groups is 1. The molecule has 1 heterocycles. The molecule has 0 unspecified atom stereocenters. The number of thiazole rings is 1. The second-order valence-corrected chi connectivity index (χ2v) is 5.71. The van der Waals surface area contributed by atoms with Crippen molar-refractivity contribution in [1.29, 1.82) is 0 Å². The van der Waals surface area contributed by atoms with Crippen LogP contribution in [-0.2, 0) is 6.42 Å². The SMILES string of the molecule is CN=C(NCCc1ncc(C)s1)NCC(C)C. The molecule has 0 amide bonds. The molecule has 0 saturated heterocycles. The summed E-state index contributed by atoms with van der Waals surface area (Å²) in [5.41, 5.74) is 0. The highest BCUT2D eigenvalue weighted by atomic mass is 32.1. The number of hydrogen-bond acceptors (Lipinski definition) is 3. The van der Waals surface area contributed by atoms with Gasteiger partial charge in [0.15, 0.2) is 5.96 Å². The van der Waals surface area contributed by atoms with Crippen LogP contribution in [0.5, 0.6) is 0 Å². The summed E-state index contributed by atoms with van der Waals surface area (Å²) in [6.07, 6.45) is 2.87. The van der Waals surface area contributed by atoms with Crippen molar-refractivity contribution in [3.05, 3.63) is 16.1 Å². The number of hydrogen-bond donors (Lipinski definition) is 2. The fourth-order valence-electron chi connectivity index (χ4n) is 1.33. The van der Waals surface area contributed by atoms with Crippen molar-refractivity contribution in [2.75, 3.05) is 20.1 Å². The molecule has 0 aliphatic rings. The maximum atomic E-state index is 4.33. The lowest BCUT2D eigenvalue weighted by Crippen LogP contribution is -2.39. The van der Waals surface area contributed by atoms with Gasteiger partial charge in [0.05, 0.1) is 5.01 Å². The Balaban J connectivity index is 2.24. The molecule has 1 aromatic rings. The number of rotatable bonds is 5. The third kappa shape index (κ3) is 5.68. The largest absolute Gasteiger partial charge is 0.356 e. The Morgan fingerprint density at radius 2 is 2.24 bits per heavy atom. The Hall–Kier alpha value is -1.10. The predicted octanol–water partition coefficient (Wildman–Crippen LogP) is 1.82. The van der Waals surface area contributed by atoms with E-state index in [4.69, 9.17) is 0 Å². The van der Waals surface area contributed by atoms with E-state index < -0.39 is 0 Å². The van der Waals surface area contributed by atoms with E-state index in [9.17, 15) is 0 Å². The zero-order chi connectivity index (χ0) is 12.7. The van der Waals surface area contributed by atoms with Crippen molar-refractivity contribution in [2.45, 2.75) is 27.2 Å². The van der Waals surface area contributed by atoms with Gasteiger partial charge in [-0.1, -0.05) is 13.8 Å². The highest BCUT2D eigenvalue weighted by molar-refractivity contribution is 7.11. The molecule has 0 saturated carbocycles. The highest BCUT2D eigenvalue weighted by Gasteiger charge is 2.01. The first-order valence-electron chi connectivity index (χ1n) is 5.97. The van der Waals surface area contributed by atoms with Gasteiger partial charge in [-0.2, -0.15) is 0 Å². The summed E-state index contributed by atoms with van der Waals surface area (Å²) < 4.78 is 0. The summed E-state index contributed by atoms with van der Waals surface area (Å²) in [6, 6.07) is 0. The monoisotopic (exact) mass is 254 g/mol. The van der Waals surface area contributed by atoms with E-state index >= 15 is 0 Å². The summed E-state index contributed by atoms with van der Waals surface area (Å²) in [6.45, 7) is 8.25. The van der Waals surface area contributed by atoms with Crippen LogP contribution < -0.4 is 10.6 Å². The van der Waals surface area contributed by atoms with Gasteiger partial charge < -0.3 is 10.6 Å². The highest BCUT2D eigenvalue weighted by Crippen LogP contribution is 2.10. The van der Waals surface area contributed by atoms with E-state index in [0.29, 0.717) is 5.92 Å². The minimum Gasteiger partial charge on any atom is -0.356 e. The third-order valence-electron chi connectivity index (χ3n) is 2.20. The molecule has 0 aliphatic heterocycles. The van der Waals surface area contributed by atoms with Crippen molar-refractivity contribution in [3.63, 3.8) is 0 Å². The summed E-state index contributed by atoms with van der Waals surface area (Å²) in [5, 5.41) is 7.75. The van der Waals surface area contributed by atoms with Crippen molar-refractivity contribution >= 4 is 17.3 Å². The van der Waals surface area contributed by atoms with Crippen molar-refractivity contribution in [1.82, 2.24) is 15.6 Å². The Morgan fingerprint density at radius 1 is 1.47 bits per heavy atom. The van der Waals surface area contributed by atoms with Crippen LogP contribution in [0.25, 0.3) is 0 Å². The summed E-state index contributed by atoms with van der Waals surface area (Å²) in [4.78, 5) is 9.77. The minimum absolute atomic E-state index is 0.621. The molecule has 0 aliphatic carbocycles. The first-order chi connectivity index (χ1) is 8.11. The second-order valence-electron chi connectivity index (χ2n) is 4.39. The first-order valence-corrected chi connectivity index (χ1v) is 6.79. The number of aromatic nitrogens is 1. The van der Waals surface area contributed by atoms with E-state index in [1.807, 2.05) is 6.20 Å². The molecule has 0 spiro atoms. The van der Waals surface area contributed by atoms with Crippen LogP contribution in [0.3, 0.4) is 0 Å². The molecule has 1 aromatic heterocycles. The minimum atomic E-state index is 0.621. The fraction of sp³-hybridized carbons (Fsp3) is 0.667. The molecule has 1 rings (SSSR count). The van der Waals surface area contributed by atoms with Crippen LogP contribution in [0.2, 0.25) is 0 Å². The number of nitrogens with zero attached hydrogens (tertiary/aromatic N) is 2. The average molecular weight is 254 g/mol. The molecule has 0 radical (unpaired) electrons.